The first-order valence-corrected chi connectivity index (χ1v) is 8.89. The minimum Gasteiger partial charge on any atom is -0.331 e. The molecule has 1 heterocycles. The van der Waals surface area contributed by atoms with E-state index >= 15 is 0 Å². The highest BCUT2D eigenvalue weighted by Crippen LogP contribution is 2.30. The second kappa shape index (κ2) is 8.22. The molecule has 128 valence electrons. The number of carbonyl (C=O) groups excluding carboxylic acids is 1. The molecule has 2 rings (SSSR count). The van der Waals surface area contributed by atoms with Gasteiger partial charge >= 0.3 is 6.03 Å². The van der Waals surface area contributed by atoms with Gasteiger partial charge < -0.3 is 15.1 Å². The molecule has 0 bridgehead atoms. The van der Waals surface area contributed by atoms with Crippen molar-refractivity contribution >= 4 is 29.2 Å². The van der Waals surface area contributed by atoms with Crippen LogP contribution in [0.2, 0.25) is 10.0 Å². The molecule has 1 aromatic carbocycles. The third kappa shape index (κ3) is 4.52. The Kier molecular flexibility index (Phi) is 6.57. The molecular weight excluding hydrogens is 333 g/mol. The molecule has 1 aliphatic rings. The maximum Gasteiger partial charge on any atom is 0.318 e. The lowest BCUT2D eigenvalue weighted by Crippen LogP contribution is -2.50. The van der Waals surface area contributed by atoms with Gasteiger partial charge in [-0.15, -0.1) is 0 Å². The molecule has 0 spiro atoms. The van der Waals surface area contributed by atoms with E-state index in [2.05, 4.69) is 17.3 Å². The van der Waals surface area contributed by atoms with Gasteiger partial charge in [-0.25, -0.2) is 4.79 Å². The molecule has 6 heteroatoms. The van der Waals surface area contributed by atoms with Crippen molar-refractivity contribution in [2.75, 3.05) is 26.7 Å². The Bertz CT molecular complexity index is 545. The zero-order chi connectivity index (χ0) is 17.0. The Morgan fingerprint density at radius 3 is 2.65 bits per heavy atom. The van der Waals surface area contributed by atoms with Crippen molar-refractivity contribution in [3.05, 3.63) is 33.8 Å². The number of halogens is 2. The average molecular weight is 358 g/mol. The van der Waals surface area contributed by atoms with E-state index in [0.29, 0.717) is 22.6 Å². The Labute approximate surface area is 148 Å². The molecular formula is C17H25Cl2N3O. The van der Waals surface area contributed by atoms with Gasteiger partial charge in [-0.1, -0.05) is 35.3 Å². The highest BCUT2D eigenvalue weighted by molar-refractivity contribution is 6.42. The molecule has 1 aromatic rings. The molecule has 0 saturated carbocycles. The van der Waals surface area contributed by atoms with Gasteiger partial charge in [0.25, 0.3) is 0 Å². The molecule has 1 saturated heterocycles. The summed E-state index contributed by atoms with van der Waals surface area (Å²) in [5, 5.41) is 4.07. The summed E-state index contributed by atoms with van der Waals surface area (Å²) in [5.41, 5.74) is 0.840. The highest BCUT2D eigenvalue weighted by Gasteiger charge is 2.27. The molecule has 23 heavy (non-hydrogen) atoms. The molecule has 1 atom stereocenters. The minimum atomic E-state index is -0.186. The van der Waals surface area contributed by atoms with E-state index in [4.69, 9.17) is 23.2 Å². The normalized spacial score (nSPS) is 17.8. The molecule has 2 amide bonds. The van der Waals surface area contributed by atoms with Crippen LogP contribution in [-0.2, 0) is 0 Å². The van der Waals surface area contributed by atoms with Crippen LogP contribution < -0.4 is 5.32 Å². The Morgan fingerprint density at radius 1 is 1.39 bits per heavy atom. The van der Waals surface area contributed by atoms with E-state index in [1.807, 2.05) is 30.9 Å². The van der Waals surface area contributed by atoms with Crippen LogP contribution in [0, 0.1) is 0 Å². The number of carbonyl (C=O) groups is 1. The van der Waals surface area contributed by atoms with Gasteiger partial charge in [0.05, 0.1) is 16.1 Å². The van der Waals surface area contributed by atoms with Crippen LogP contribution in [0.4, 0.5) is 4.79 Å². The third-order valence-corrected chi connectivity index (χ3v) is 5.35. The molecule has 0 aliphatic carbocycles. The van der Waals surface area contributed by atoms with Gasteiger partial charge in [-0.3, -0.25) is 0 Å². The number of rotatable bonds is 4. The van der Waals surface area contributed by atoms with Gasteiger partial charge in [-0.05, 0) is 58.5 Å². The van der Waals surface area contributed by atoms with E-state index in [9.17, 15) is 4.79 Å². The average Bonchev–Trinajstić information content (AvgIpc) is 2.52. The van der Waals surface area contributed by atoms with E-state index in [-0.39, 0.29) is 12.1 Å². The van der Waals surface area contributed by atoms with Crippen LogP contribution in [0.15, 0.2) is 18.2 Å². The number of amides is 2. The van der Waals surface area contributed by atoms with Crippen molar-refractivity contribution in [2.45, 2.75) is 38.8 Å². The maximum absolute atomic E-state index is 12.7. The lowest BCUT2D eigenvalue weighted by Gasteiger charge is -2.37. The standard InChI is InChI=1S/C17H25Cl2N3O/c1-4-22(13-8-10-21(3)11-9-13)17(23)20-12(2)14-6-5-7-15(18)16(14)19/h5-7,12-13H,4,8-11H2,1-3H3,(H,20,23). The second-order valence-electron chi connectivity index (χ2n) is 6.13. The summed E-state index contributed by atoms with van der Waals surface area (Å²) in [6.07, 6.45) is 2.04. The zero-order valence-corrected chi connectivity index (χ0v) is 15.5. The summed E-state index contributed by atoms with van der Waals surface area (Å²) in [4.78, 5) is 16.9. The maximum atomic E-state index is 12.7. The van der Waals surface area contributed by atoms with E-state index in [0.717, 1.165) is 31.5 Å². The number of hydrogen-bond donors (Lipinski definition) is 1. The molecule has 1 N–H and O–H groups in total. The van der Waals surface area contributed by atoms with Crippen molar-refractivity contribution in [1.82, 2.24) is 15.1 Å². The number of likely N-dealkylation sites (tertiary alicyclic amines) is 1. The Morgan fingerprint density at radius 2 is 2.04 bits per heavy atom. The van der Waals surface area contributed by atoms with Gasteiger partial charge in [0.1, 0.15) is 0 Å². The minimum absolute atomic E-state index is 0.0365. The summed E-state index contributed by atoms with van der Waals surface area (Å²) in [6, 6.07) is 5.57. The monoisotopic (exact) mass is 357 g/mol. The second-order valence-corrected chi connectivity index (χ2v) is 6.92. The fourth-order valence-electron chi connectivity index (χ4n) is 3.08. The molecule has 0 radical (unpaired) electrons. The summed E-state index contributed by atoms with van der Waals surface area (Å²) in [5.74, 6) is 0. The first kappa shape index (κ1) is 18.4. The lowest BCUT2D eigenvalue weighted by molar-refractivity contribution is 0.133. The molecule has 1 aliphatic heterocycles. The number of piperidine rings is 1. The summed E-state index contributed by atoms with van der Waals surface area (Å²) in [7, 11) is 2.12. The third-order valence-electron chi connectivity index (χ3n) is 4.52. The van der Waals surface area contributed by atoms with Crippen molar-refractivity contribution in [2.24, 2.45) is 0 Å². The van der Waals surface area contributed by atoms with Crippen molar-refractivity contribution in [1.29, 1.82) is 0 Å². The topological polar surface area (TPSA) is 35.6 Å². The zero-order valence-electron chi connectivity index (χ0n) is 14.0. The summed E-state index contributed by atoms with van der Waals surface area (Å²) < 4.78 is 0. The number of benzene rings is 1. The van der Waals surface area contributed by atoms with E-state index in [1.54, 1.807) is 6.07 Å². The number of nitrogens with one attached hydrogen (secondary N) is 1. The smallest absolute Gasteiger partial charge is 0.318 e. The van der Waals surface area contributed by atoms with E-state index in [1.165, 1.54) is 0 Å². The van der Waals surface area contributed by atoms with Gasteiger partial charge in [0.15, 0.2) is 0 Å². The lowest BCUT2D eigenvalue weighted by atomic mass is 10.0. The SMILES string of the molecule is CCN(C(=O)NC(C)c1cccc(Cl)c1Cl)C1CCN(C)CC1. The van der Waals surface area contributed by atoms with Crippen molar-refractivity contribution in [3.63, 3.8) is 0 Å². The van der Waals surface area contributed by atoms with Crippen molar-refractivity contribution in [3.8, 4) is 0 Å². The molecule has 4 nitrogen and oxygen atoms in total. The van der Waals surface area contributed by atoms with Gasteiger partial charge in [-0.2, -0.15) is 0 Å². The van der Waals surface area contributed by atoms with Crippen LogP contribution in [-0.4, -0.2) is 48.6 Å². The number of urea groups is 1. The molecule has 1 fully saturated rings. The van der Waals surface area contributed by atoms with Gasteiger partial charge in [0, 0.05) is 12.6 Å². The Hall–Kier alpha value is -0.970. The van der Waals surface area contributed by atoms with Crippen LogP contribution in [0.25, 0.3) is 0 Å². The van der Waals surface area contributed by atoms with Gasteiger partial charge in [0.2, 0.25) is 0 Å². The van der Waals surface area contributed by atoms with Crippen LogP contribution in [0.1, 0.15) is 38.3 Å². The predicted molar refractivity (Wildman–Crippen MR) is 96.3 cm³/mol. The summed E-state index contributed by atoms with van der Waals surface area (Å²) >= 11 is 12.3. The highest BCUT2D eigenvalue weighted by atomic mass is 35.5. The fourth-order valence-corrected chi connectivity index (χ4v) is 3.55. The molecule has 1 unspecified atom stereocenters. The fraction of sp³-hybridized carbons (Fsp3) is 0.588. The largest absolute Gasteiger partial charge is 0.331 e. The van der Waals surface area contributed by atoms with Crippen LogP contribution >= 0.6 is 23.2 Å². The number of hydrogen-bond acceptors (Lipinski definition) is 2. The van der Waals surface area contributed by atoms with Crippen molar-refractivity contribution < 1.29 is 4.79 Å². The summed E-state index contributed by atoms with van der Waals surface area (Å²) in [6.45, 7) is 6.72. The van der Waals surface area contributed by atoms with Crippen LogP contribution in [0.3, 0.4) is 0 Å². The quantitative estimate of drug-likeness (QED) is 0.876. The first-order valence-electron chi connectivity index (χ1n) is 8.13. The predicted octanol–water partition coefficient (Wildman–Crippen LogP) is 4.18. The van der Waals surface area contributed by atoms with E-state index < -0.39 is 0 Å². The molecule has 0 aromatic heterocycles. The first-order chi connectivity index (χ1) is 10.9. The van der Waals surface area contributed by atoms with Crippen LogP contribution in [0.5, 0.6) is 0 Å². The number of nitrogens with zero attached hydrogens (tertiary/aromatic N) is 2. The Balaban J connectivity index is 2.02.